The van der Waals surface area contributed by atoms with Crippen LogP contribution in [0, 0.1) is 13.5 Å². The Balaban J connectivity index is 1.98. The molecule has 0 amide bonds. The van der Waals surface area contributed by atoms with Crippen molar-refractivity contribution in [2.75, 3.05) is 0 Å². The molecule has 0 radical (unpaired) electrons. The molecule has 6 rings (SSSR count). The van der Waals surface area contributed by atoms with E-state index >= 15 is 0 Å². The molecule has 0 bridgehead atoms. The Bertz CT molecular complexity index is 1710. The quantitative estimate of drug-likeness (QED) is 0.138. The molecule has 0 spiro atoms. The third kappa shape index (κ3) is 2.31. The number of benzene rings is 3. The van der Waals surface area contributed by atoms with Crippen LogP contribution in [0.5, 0.6) is 0 Å². The summed E-state index contributed by atoms with van der Waals surface area (Å²) in [6.07, 6.45) is 2.91. The monoisotopic (exact) mass is 402 g/mol. The zero-order chi connectivity index (χ0) is 21.5. The second-order valence-electron chi connectivity index (χ2n) is 9.42. The van der Waals surface area contributed by atoms with Gasteiger partial charge in [0.25, 0.3) is 0 Å². The zero-order valence-corrected chi connectivity index (χ0v) is 18.3. The van der Waals surface area contributed by atoms with E-state index in [9.17, 15) is 0 Å². The summed E-state index contributed by atoms with van der Waals surface area (Å²) in [7, 11) is 2.14. The highest BCUT2D eigenvalue weighted by Crippen LogP contribution is 2.41. The van der Waals surface area contributed by atoms with E-state index in [4.69, 9.17) is 6.57 Å². The maximum absolute atomic E-state index is 7.67. The largest absolute Gasteiger partial charge is 0.311 e. The van der Waals surface area contributed by atoms with Crippen molar-refractivity contribution >= 4 is 49.0 Å². The van der Waals surface area contributed by atoms with Crippen molar-refractivity contribution in [1.29, 1.82) is 0 Å². The van der Waals surface area contributed by atoms with E-state index in [2.05, 4.69) is 88.6 Å². The van der Waals surface area contributed by atoms with E-state index in [1.807, 2.05) is 13.8 Å². The first-order valence-corrected chi connectivity index (χ1v) is 10.8. The van der Waals surface area contributed by atoms with E-state index < -0.39 is 5.54 Å². The van der Waals surface area contributed by atoms with Crippen molar-refractivity contribution in [1.82, 2.24) is 4.40 Å². The Labute approximate surface area is 181 Å². The summed E-state index contributed by atoms with van der Waals surface area (Å²) in [6, 6.07) is 19.9. The number of nitrogens with zero attached hydrogens (tertiary/aromatic N) is 3. The molecule has 0 fully saturated rings. The molecule has 0 aliphatic heterocycles. The fraction of sp³-hybridized carbons (Fsp3) is 0.214. The van der Waals surface area contributed by atoms with E-state index in [-0.39, 0.29) is 0 Å². The Morgan fingerprint density at radius 3 is 2.52 bits per heavy atom. The third-order valence-electron chi connectivity index (χ3n) is 6.79. The lowest BCUT2D eigenvalue weighted by Crippen LogP contribution is -2.29. The van der Waals surface area contributed by atoms with Gasteiger partial charge in [-0.15, -0.1) is 0 Å². The van der Waals surface area contributed by atoms with Gasteiger partial charge in [0.15, 0.2) is 6.20 Å². The summed E-state index contributed by atoms with van der Waals surface area (Å²) in [6.45, 7) is 13.9. The Morgan fingerprint density at radius 1 is 0.935 bits per heavy atom. The van der Waals surface area contributed by atoms with Gasteiger partial charge in [0, 0.05) is 36.1 Å². The van der Waals surface area contributed by atoms with Gasteiger partial charge in [-0.05, 0) is 29.5 Å². The number of aromatic nitrogens is 2. The van der Waals surface area contributed by atoms with Crippen molar-refractivity contribution in [3.05, 3.63) is 83.3 Å². The van der Waals surface area contributed by atoms with Gasteiger partial charge in [-0.25, -0.2) is 6.57 Å². The molecule has 3 heteroatoms. The number of para-hydroxylation sites is 1. The molecule has 0 saturated carbocycles. The van der Waals surface area contributed by atoms with Crippen LogP contribution in [0.15, 0.2) is 60.8 Å². The molecule has 6 aromatic rings. The van der Waals surface area contributed by atoms with Gasteiger partial charge < -0.3 is 9.25 Å². The first kappa shape index (κ1) is 18.2. The summed E-state index contributed by atoms with van der Waals surface area (Å²) in [5, 5.41) is 6.45. The Morgan fingerprint density at radius 2 is 1.71 bits per heavy atom. The highest BCUT2D eigenvalue weighted by molar-refractivity contribution is 6.25. The minimum atomic E-state index is -0.437. The van der Waals surface area contributed by atoms with Crippen molar-refractivity contribution in [3.63, 3.8) is 0 Å². The fourth-order valence-corrected chi connectivity index (χ4v) is 5.40. The summed E-state index contributed by atoms with van der Waals surface area (Å²) in [5.74, 6) is 0. The lowest BCUT2D eigenvalue weighted by Gasteiger charge is -2.15. The molecule has 0 unspecified atom stereocenters. The van der Waals surface area contributed by atoms with Gasteiger partial charge in [-0.3, -0.25) is 0 Å². The van der Waals surface area contributed by atoms with E-state index in [1.165, 1.54) is 60.1 Å². The molecule has 0 N–H and O–H groups in total. The van der Waals surface area contributed by atoms with Crippen LogP contribution in [0.3, 0.4) is 0 Å². The van der Waals surface area contributed by atoms with E-state index in [1.54, 1.807) is 0 Å². The average Bonchev–Trinajstić information content (AvgIpc) is 3.10. The molecule has 3 aromatic heterocycles. The predicted molar refractivity (Wildman–Crippen MR) is 129 cm³/mol. The smallest absolute Gasteiger partial charge is 0.238 e. The summed E-state index contributed by atoms with van der Waals surface area (Å²) >= 11 is 0. The summed E-state index contributed by atoms with van der Waals surface area (Å²) < 4.78 is 4.72. The van der Waals surface area contributed by atoms with Crippen molar-refractivity contribution < 1.29 is 4.57 Å². The van der Waals surface area contributed by atoms with Crippen molar-refractivity contribution in [2.24, 2.45) is 7.05 Å². The Kier molecular flexibility index (Phi) is 3.49. The molecule has 150 valence electrons. The van der Waals surface area contributed by atoms with Crippen molar-refractivity contribution in [3.8, 4) is 0 Å². The second-order valence-corrected chi connectivity index (χ2v) is 9.42. The van der Waals surface area contributed by atoms with Crippen LogP contribution in [0.25, 0.3) is 53.8 Å². The average molecular weight is 403 g/mol. The van der Waals surface area contributed by atoms with Gasteiger partial charge >= 0.3 is 0 Å². The van der Waals surface area contributed by atoms with Crippen LogP contribution in [-0.4, -0.2) is 9.94 Å². The van der Waals surface area contributed by atoms with Gasteiger partial charge in [0.05, 0.1) is 22.8 Å². The van der Waals surface area contributed by atoms with Crippen LogP contribution >= 0.6 is 0 Å². The van der Waals surface area contributed by atoms with Gasteiger partial charge in [-0.2, -0.15) is 4.57 Å². The number of fused-ring (bicyclic) bond motifs is 5. The molecule has 0 saturated heterocycles. The molecular weight excluding hydrogens is 378 g/mol. The van der Waals surface area contributed by atoms with E-state index in [0.29, 0.717) is 0 Å². The third-order valence-corrected chi connectivity index (χ3v) is 6.79. The van der Waals surface area contributed by atoms with Crippen LogP contribution in [0.1, 0.15) is 25.0 Å². The summed E-state index contributed by atoms with van der Waals surface area (Å²) in [5.41, 5.74) is 7.11. The first-order valence-electron chi connectivity index (χ1n) is 10.8. The van der Waals surface area contributed by atoms with Gasteiger partial charge in [0.1, 0.15) is 12.6 Å². The number of hydrogen-bond acceptors (Lipinski definition) is 0. The molecule has 3 nitrogen and oxygen atoms in total. The van der Waals surface area contributed by atoms with Gasteiger partial charge in [-0.1, -0.05) is 42.5 Å². The zero-order valence-electron chi connectivity index (χ0n) is 18.3. The topological polar surface area (TPSA) is 12.7 Å². The highest BCUT2D eigenvalue weighted by atomic mass is 15.0. The predicted octanol–water partition coefficient (Wildman–Crippen LogP) is 6.36. The number of pyridine rings is 2. The van der Waals surface area contributed by atoms with Gasteiger partial charge in [0.2, 0.25) is 11.1 Å². The Hall–Kier alpha value is -3.64. The highest BCUT2D eigenvalue weighted by Gasteiger charge is 2.28. The molecule has 0 aliphatic rings. The lowest BCUT2D eigenvalue weighted by molar-refractivity contribution is -0.644. The van der Waals surface area contributed by atoms with Crippen LogP contribution in [0.2, 0.25) is 0 Å². The number of rotatable bonds is 2. The van der Waals surface area contributed by atoms with E-state index in [0.717, 1.165) is 6.42 Å². The minimum Gasteiger partial charge on any atom is -0.311 e. The van der Waals surface area contributed by atoms with Crippen LogP contribution < -0.4 is 4.57 Å². The fourth-order valence-electron chi connectivity index (χ4n) is 5.40. The molecule has 0 aliphatic carbocycles. The molecule has 3 aromatic carbocycles. The maximum atomic E-state index is 7.67. The summed E-state index contributed by atoms with van der Waals surface area (Å²) in [4.78, 5) is 3.90. The minimum absolute atomic E-state index is 0.437. The molecular formula is C28H24N3+. The number of aryl methyl sites for hydroxylation is 2. The first-order chi connectivity index (χ1) is 14.9. The molecule has 31 heavy (non-hydrogen) atoms. The standard InChI is InChI=1S/C28H24N3/c1-17-12-13-18-8-7-11-22-24(18)23(17)27-26-21(14-15-30(27)5)20-10-6-9-19(25(20)31(22)26)16-28(2,3)29-4/h6-15H,16H2,1-3,5H3/q+1. The normalized spacial score (nSPS) is 12.6. The van der Waals surface area contributed by atoms with Crippen LogP contribution in [0.4, 0.5) is 0 Å². The molecule has 3 heterocycles. The molecule has 0 atom stereocenters. The SMILES string of the molecule is [C-]#[N+]C(C)(C)Cc1cccc2c3cc[n+](C)c4c5c(C)ccc6cccc(c65)n(c12)c34. The van der Waals surface area contributed by atoms with Crippen molar-refractivity contribution in [2.45, 2.75) is 32.7 Å². The lowest BCUT2D eigenvalue weighted by atomic mass is 9.94. The van der Waals surface area contributed by atoms with Crippen LogP contribution in [-0.2, 0) is 13.5 Å². The number of hydrogen-bond donors (Lipinski definition) is 0. The second kappa shape index (κ2) is 5.95. The maximum Gasteiger partial charge on any atom is 0.238 e.